The minimum atomic E-state index is 0. The first-order chi connectivity index (χ1) is 7.68. The number of phenols is 1. The summed E-state index contributed by atoms with van der Waals surface area (Å²) in [5, 5.41) is 13.1. The molecule has 3 nitrogen and oxygen atoms in total. The first-order valence-corrected chi connectivity index (χ1v) is 5.99. The monoisotopic (exact) mass is 312 g/mol. The highest BCUT2D eigenvalue weighted by atomic mass is 35.5. The maximum atomic E-state index is 9.38. The summed E-state index contributed by atoms with van der Waals surface area (Å²) < 4.78 is 0. The summed E-state index contributed by atoms with van der Waals surface area (Å²) >= 11 is 5.92. The Morgan fingerprint density at radius 3 is 2.44 bits per heavy atom. The molecule has 1 aliphatic heterocycles. The quantitative estimate of drug-likeness (QED) is 0.881. The molecule has 0 spiro atoms. The van der Waals surface area contributed by atoms with Crippen LogP contribution in [0.25, 0.3) is 0 Å². The molecule has 1 atom stereocenters. The number of halogens is 3. The molecule has 104 valence electrons. The molecule has 18 heavy (non-hydrogen) atoms. The van der Waals surface area contributed by atoms with Crippen LogP contribution in [0.2, 0.25) is 5.02 Å². The summed E-state index contributed by atoms with van der Waals surface area (Å²) in [5.74, 6) is 0.151. The number of rotatable bonds is 2. The molecule has 2 N–H and O–H groups in total. The fraction of sp³-hybridized carbons (Fsp3) is 0.500. The molecular weight excluding hydrogens is 295 g/mol. The summed E-state index contributed by atoms with van der Waals surface area (Å²) in [5.41, 5.74) is 1.16. The van der Waals surface area contributed by atoms with Crippen molar-refractivity contribution >= 4 is 36.4 Å². The van der Waals surface area contributed by atoms with E-state index in [9.17, 15) is 5.11 Å². The van der Waals surface area contributed by atoms with E-state index in [0.717, 1.165) is 31.7 Å². The summed E-state index contributed by atoms with van der Waals surface area (Å²) in [6, 6.07) is 5.80. The van der Waals surface area contributed by atoms with Crippen LogP contribution in [-0.4, -0.2) is 36.2 Å². The predicted molar refractivity (Wildman–Crippen MR) is 80.5 cm³/mol. The zero-order valence-electron chi connectivity index (χ0n) is 10.2. The number of phenolic OH excluding ortho intramolecular Hbond substituents is 1. The third kappa shape index (κ3) is 4.18. The van der Waals surface area contributed by atoms with Crippen molar-refractivity contribution in [1.82, 2.24) is 10.2 Å². The second-order valence-electron chi connectivity index (χ2n) is 4.17. The molecule has 1 aliphatic rings. The second-order valence-corrected chi connectivity index (χ2v) is 4.58. The third-order valence-corrected chi connectivity index (χ3v) is 3.46. The smallest absolute Gasteiger partial charge is 0.134 e. The summed E-state index contributed by atoms with van der Waals surface area (Å²) in [6.07, 6.45) is 0. The van der Waals surface area contributed by atoms with E-state index in [1.165, 1.54) is 0 Å². The lowest BCUT2D eigenvalue weighted by Crippen LogP contribution is -2.44. The van der Waals surface area contributed by atoms with Crippen molar-refractivity contribution in [2.24, 2.45) is 0 Å². The minimum Gasteiger partial charge on any atom is -0.506 e. The molecule has 1 fully saturated rings. The van der Waals surface area contributed by atoms with E-state index in [4.69, 9.17) is 11.6 Å². The number of nitrogens with one attached hydrogen (secondary N) is 1. The highest BCUT2D eigenvalue weighted by molar-refractivity contribution is 6.32. The van der Waals surface area contributed by atoms with Gasteiger partial charge in [-0.05, 0) is 24.6 Å². The number of hydrogen-bond donors (Lipinski definition) is 2. The molecule has 0 amide bonds. The Bertz CT molecular complexity index is 370. The molecule has 6 heteroatoms. The van der Waals surface area contributed by atoms with Crippen molar-refractivity contribution in [2.75, 3.05) is 26.2 Å². The van der Waals surface area contributed by atoms with E-state index < -0.39 is 0 Å². The number of piperazine rings is 1. The van der Waals surface area contributed by atoms with Crippen LogP contribution in [0.5, 0.6) is 5.75 Å². The largest absolute Gasteiger partial charge is 0.506 e. The molecular formula is C12H19Cl3N2O. The van der Waals surface area contributed by atoms with Crippen LogP contribution < -0.4 is 5.32 Å². The fourth-order valence-corrected chi connectivity index (χ4v) is 2.25. The van der Waals surface area contributed by atoms with Crippen molar-refractivity contribution in [3.05, 3.63) is 28.8 Å². The van der Waals surface area contributed by atoms with Crippen molar-refractivity contribution in [3.8, 4) is 5.75 Å². The molecule has 0 unspecified atom stereocenters. The van der Waals surface area contributed by atoms with E-state index in [0.29, 0.717) is 11.1 Å². The van der Waals surface area contributed by atoms with Crippen molar-refractivity contribution in [3.63, 3.8) is 0 Å². The molecule has 0 bridgehead atoms. The first-order valence-electron chi connectivity index (χ1n) is 5.61. The SMILES string of the molecule is C[C@H](c1ccc(O)c(Cl)c1)N1CCNCC1.Cl.Cl. The Kier molecular flexibility index (Phi) is 7.99. The number of hydrogen-bond acceptors (Lipinski definition) is 3. The second kappa shape index (κ2) is 8.08. The van der Waals surface area contributed by atoms with Crippen LogP contribution in [0.3, 0.4) is 0 Å². The van der Waals surface area contributed by atoms with Gasteiger partial charge in [0, 0.05) is 32.2 Å². The van der Waals surface area contributed by atoms with Gasteiger partial charge in [0.1, 0.15) is 5.75 Å². The van der Waals surface area contributed by atoms with Gasteiger partial charge in [-0.25, -0.2) is 0 Å². The summed E-state index contributed by atoms with van der Waals surface area (Å²) in [4.78, 5) is 2.42. The fourth-order valence-electron chi connectivity index (χ4n) is 2.06. The zero-order valence-corrected chi connectivity index (χ0v) is 12.6. The van der Waals surface area contributed by atoms with E-state index in [2.05, 4.69) is 17.1 Å². The van der Waals surface area contributed by atoms with Crippen LogP contribution in [-0.2, 0) is 0 Å². The van der Waals surface area contributed by atoms with Crippen LogP contribution in [0, 0.1) is 0 Å². The van der Waals surface area contributed by atoms with Gasteiger partial charge in [0.15, 0.2) is 0 Å². The molecule has 1 heterocycles. The van der Waals surface area contributed by atoms with Gasteiger partial charge in [-0.3, -0.25) is 4.90 Å². The molecule has 0 radical (unpaired) electrons. The summed E-state index contributed by atoms with van der Waals surface area (Å²) in [7, 11) is 0. The lowest BCUT2D eigenvalue weighted by atomic mass is 10.1. The average molecular weight is 314 g/mol. The Balaban J connectivity index is 0.00000144. The van der Waals surface area contributed by atoms with Gasteiger partial charge in [0.05, 0.1) is 5.02 Å². The molecule has 0 saturated carbocycles. The lowest BCUT2D eigenvalue weighted by Gasteiger charge is -2.33. The van der Waals surface area contributed by atoms with Crippen molar-refractivity contribution in [1.29, 1.82) is 0 Å². The predicted octanol–water partition coefficient (Wildman–Crippen LogP) is 2.86. The number of benzene rings is 1. The van der Waals surface area contributed by atoms with Gasteiger partial charge in [0.25, 0.3) is 0 Å². The van der Waals surface area contributed by atoms with E-state index in [-0.39, 0.29) is 30.6 Å². The van der Waals surface area contributed by atoms with Crippen molar-refractivity contribution in [2.45, 2.75) is 13.0 Å². The van der Waals surface area contributed by atoms with Gasteiger partial charge < -0.3 is 10.4 Å². The van der Waals surface area contributed by atoms with Gasteiger partial charge in [0.2, 0.25) is 0 Å². The third-order valence-electron chi connectivity index (χ3n) is 3.15. The van der Waals surface area contributed by atoms with Gasteiger partial charge in [-0.15, -0.1) is 24.8 Å². The first kappa shape index (κ1) is 17.8. The number of nitrogens with zero attached hydrogens (tertiary/aromatic N) is 1. The van der Waals surface area contributed by atoms with Crippen LogP contribution in [0.4, 0.5) is 0 Å². The van der Waals surface area contributed by atoms with Gasteiger partial charge in [-0.2, -0.15) is 0 Å². The van der Waals surface area contributed by atoms with E-state index >= 15 is 0 Å². The molecule has 0 aromatic heterocycles. The van der Waals surface area contributed by atoms with Crippen LogP contribution in [0.15, 0.2) is 18.2 Å². The Hall–Kier alpha value is -0.190. The Morgan fingerprint density at radius 1 is 1.28 bits per heavy atom. The molecule has 1 saturated heterocycles. The maximum absolute atomic E-state index is 9.38. The van der Waals surface area contributed by atoms with Crippen molar-refractivity contribution < 1.29 is 5.11 Å². The molecule has 1 aromatic rings. The molecule has 1 aromatic carbocycles. The van der Waals surface area contributed by atoms with Crippen LogP contribution in [0.1, 0.15) is 18.5 Å². The number of aromatic hydroxyl groups is 1. The molecule has 0 aliphatic carbocycles. The highest BCUT2D eigenvalue weighted by Gasteiger charge is 2.18. The minimum absolute atomic E-state index is 0. The topological polar surface area (TPSA) is 35.5 Å². The highest BCUT2D eigenvalue weighted by Crippen LogP contribution is 2.28. The Morgan fingerprint density at radius 2 is 1.89 bits per heavy atom. The maximum Gasteiger partial charge on any atom is 0.134 e. The average Bonchev–Trinajstić information content (AvgIpc) is 2.33. The van der Waals surface area contributed by atoms with Crippen LogP contribution >= 0.6 is 36.4 Å². The van der Waals surface area contributed by atoms with Gasteiger partial charge in [-0.1, -0.05) is 17.7 Å². The normalized spacial score (nSPS) is 17.4. The lowest BCUT2D eigenvalue weighted by molar-refractivity contribution is 0.185. The van der Waals surface area contributed by atoms with Gasteiger partial charge >= 0.3 is 0 Å². The molecule has 2 rings (SSSR count). The van der Waals surface area contributed by atoms with E-state index in [1.54, 1.807) is 6.07 Å². The standard InChI is InChI=1S/C12H17ClN2O.2ClH/c1-9(15-6-4-14-5-7-15)10-2-3-12(16)11(13)8-10;;/h2-3,8-9,14,16H,4-7H2,1H3;2*1H/t9-;;/m1../s1. The van der Waals surface area contributed by atoms with E-state index in [1.807, 2.05) is 12.1 Å². The summed E-state index contributed by atoms with van der Waals surface area (Å²) in [6.45, 7) is 6.36. The zero-order chi connectivity index (χ0) is 11.5. The Labute approximate surface area is 125 Å².